The molecule has 1 atom stereocenters. The van der Waals surface area contributed by atoms with Crippen molar-refractivity contribution in [2.75, 3.05) is 32.1 Å². The lowest BCUT2D eigenvalue weighted by molar-refractivity contribution is -0.125. The van der Waals surface area contributed by atoms with E-state index in [4.69, 9.17) is 16.3 Å². The first-order valence-electron chi connectivity index (χ1n) is 8.41. The minimum Gasteiger partial charge on any atom is -0.471 e. The lowest BCUT2D eigenvalue weighted by atomic mass is 10.2. The number of carbonyl (C=O) groups excluding carboxylic acids is 1. The predicted octanol–water partition coefficient (Wildman–Crippen LogP) is 2.89. The van der Waals surface area contributed by atoms with Crippen LogP contribution in [0.25, 0.3) is 6.08 Å². The fourth-order valence-electron chi connectivity index (χ4n) is 2.66. The Bertz CT molecular complexity index is 775. The molecule has 2 heterocycles. The molecule has 0 aliphatic carbocycles. The first kappa shape index (κ1) is 18.2. The Hall–Kier alpha value is -2.60. The smallest absolute Gasteiger partial charge is 0.246 e. The second-order valence-electron chi connectivity index (χ2n) is 6.32. The number of halogens is 1. The van der Waals surface area contributed by atoms with E-state index in [1.165, 1.54) is 0 Å². The zero-order chi connectivity index (χ0) is 18.5. The zero-order valence-electron chi connectivity index (χ0n) is 14.8. The van der Waals surface area contributed by atoms with Crippen molar-refractivity contribution >= 4 is 29.4 Å². The molecular formula is C19H21ClN4O2. The highest BCUT2D eigenvalue weighted by atomic mass is 35.5. The molecule has 1 aliphatic heterocycles. The van der Waals surface area contributed by atoms with E-state index in [1.807, 2.05) is 37.2 Å². The number of rotatable bonds is 5. The monoisotopic (exact) mass is 372 g/mol. The van der Waals surface area contributed by atoms with Gasteiger partial charge in [-0.2, -0.15) is 0 Å². The zero-order valence-corrected chi connectivity index (χ0v) is 15.6. The van der Waals surface area contributed by atoms with Crippen LogP contribution >= 0.6 is 11.6 Å². The minimum absolute atomic E-state index is 0.0277. The third-order valence-corrected chi connectivity index (χ3v) is 4.37. The number of aromatic nitrogens is 2. The molecule has 136 valence electrons. The highest BCUT2D eigenvalue weighted by Gasteiger charge is 2.26. The third-order valence-electron chi connectivity index (χ3n) is 4.12. The lowest BCUT2D eigenvalue weighted by Gasteiger charge is -2.15. The predicted molar refractivity (Wildman–Crippen MR) is 102 cm³/mol. The fourth-order valence-corrected chi connectivity index (χ4v) is 2.78. The van der Waals surface area contributed by atoms with Crippen LogP contribution in [0.15, 0.2) is 42.5 Å². The van der Waals surface area contributed by atoms with E-state index < -0.39 is 0 Å². The van der Waals surface area contributed by atoms with E-state index in [2.05, 4.69) is 10.2 Å². The number of anilines is 1. The van der Waals surface area contributed by atoms with Crippen molar-refractivity contribution in [3.63, 3.8) is 0 Å². The van der Waals surface area contributed by atoms with Gasteiger partial charge in [-0.05, 0) is 29.8 Å². The summed E-state index contributed by atoms with van der Waals surface area (Å²) in [5.41, 5.74) is 0.936. The molecule has 0 N–H and O–H groups in total. The molecule has 2 aromatic rings. The number of hydrogen-bond donors (Lipinski definition) is 0. The molecule has 1 fully saturated rings. The molecule has 1 amide bonds. The summed E-state index contributed by atoms with van der Waals surface area (Å²) in [4.78, 5) is 16.0. The van der Waals surface area contributed by atoms with E-state index in [-0.39, 0.29) is 12.0 Å². The quantitative estimate of drug-likeness (QED) is 0.755. The van der Waals surface area contributed by atoms with Crippen LogP contribution in [0, 0.1) is 0 Å². The second-order valence-corrected chi connectivity index (χ2v) is 6.76. The van der Waals surface area contributed by atoms with Gasteiger partial charge in [-0.25, -0.2) is 0 Å². The molecule has 0 radical (unpaired) electrons. The Morgan fingerprint density at radius 3 is 2.65 bits per heavy atom. The van der Waals surface area contributed by atoms with E-state index in [9.17, 15) is 4.79 Å². The topological polar surface area (TPSA) is 58.6 Å². The van der Waals surface area contributed by atoms with E-state index in [0.717, 1.165) is 17.8 Å². The number of nitrogens with zero attached hydrogens (tertiary/aromatic N) is 4. The van der Waals surface area contributed by atoms with Gasteiger partial charge in [-0.3, -0.25) is 4.79 Å². The van der Waals surface area contributed by atoms with Gasteiger partial charge >= 0.3 is 0 Å². The normalized spacial score (nSPS) is 16.9. The summed E-state index contributed by atoms with van der Waals surface area (Å²) < 4.78 is 5.84. The number of hydrogen-bond acceptors (Lipinski definition) is 5. The van der Waals surface area contributed by atoms with Crippen molar-refractivity contribution in [2.24, 2.45) is 0 Å². The molecule has 7 heteroatoms. The first-order valence-corrected chi connectivity index (χ1v) is 8.79. The van der Waals surface area contributed by atoms with Crippen LogP contribution in [0.4, 0.5) is 5.82 Å². The maximum atomic E-state index is 12.3. The van der Waals surface area contributed by atoms with Gasteiger partial charge in [0.1, 0.15) is 6.10 Å². The molecule has 0 spiro atoms. The summed E-state index contributed by atoms with van der Waals surface area (Å²) >= 11 is 5.86. The van der Waals surface area contributed by atoms with Crippen molar-refractivity contribution in [3.8, 4) is 5.88 Å². The molecule has 1 aromatic heterocycles. The number of likely N-dealkylation sites (tertiary alicyclic amines) is 1. The maximum Gasteiger partial charge on any atom is 0.246 e. The Morgan fingerprint density at radius 2 is 2.00 bits per heavy atom. The Kier molecular flexibility index (Phi) is 5.73. The highest BCUT2D eigenvalue weighted by molar-refractivity contribution is 6.30. The van der Waals surface area contributed by atoms with E-state index >= 15 is 0 Å². The van der Waals surface area contributed by atoms with Crippen LogP contribution in [0.5, 0.6) is 5.88 Å². The first-order chi connectivity index (χ1) is 12.5. The molecule has 26 heavy (non-hydrogen) atoms. The molecule has 3 rings (SSSR count). The van der Waals surface area contributed by atoms with Gasteiger partial charge in [0.25, 0.3) is 0 Å². The summed E-state index contributed by atoms with van der Waals surface area (Å²) in [6.45, 7) is 1.21. The van der Waals surface area contributed by atoms with Gasteiger partial charge in [0.05, 0.1) is 6.54 Å². The average Bonchev–Trinajstić information content (AvgIpc) is 3.10. The highest BCUT2D eigenvalue weighted by Crippen LogP contribution is 2.18. The standard InChI is InChI=1S/C19H21ClN4O2/c1-23(2)17-8-9-18(22-21-17)26-16-11-12-24(13-16)19(25)10-5-14-3-6-15(20)7-4-14/h3-10,16H,11-13H2,1-2H3/b10-5+. The summed E-state index contributed by atoms with van der Waals surface area (Å²) in [6.07, 6.45) is 4.08. The molecule has 0 saturated carbocycles. The maximum absolute atomic E-state index is 12.3. The Balaban J connectivity index is 1.52. The molecule has 1 unspecified atom stereocenters. The third kappa shape index (κ3) is 4.73. The molecule has 6 nitrogen and oxygen atoms in total. The van der Waals surface area contributed by atoms with Crippen molar-refractivity contribution in [2.45, 2.75) is 12.5 Å². The number of amides is 1. The van der Waals surface area contributed by atoms with Gasteiger partial charge in [-0.15, -0.1) is 10.2 Å². The van der Waals surface area contributed by atoms with Gasteiger partial charge in [-0.1, -0.05) is 23.7 Å². The summed E-state index contributed by atoms with van der Waals surface area (Å²) in [5.74, 6) is 1.22. The molecule has 1 saturated heterocycles. The molecule has 1 aliphatic rings. The van der Waals surface area contributed by atoms with Crippen LogP contribution in [0.3, 0.4) is 0 Å². The van der Waals surface area contributed by atoms with Gasteiger partial charge in [0.2, 0.25) is 11.8 Å². The van der Waals surface area contributed by atoms with Gasteiger partial charge in [0.15, 0.2) is 5.82 Å². The van der Waals surface area contributed by atoms with Crippen LogP contribution in [0.1, 0.15) is 12.0 Å². The van der Waals surface area contributed by atoms with Crippen LogP contribution in [0.2, 0.25) is 5.02 Å². The van der Waals surface area contributed by atoms with Crippen molar-refractivity contribution in [1.29, 1.82) is 0 Å². The Labute approximate surface area is 158 Å². The van der Waals surface area contributed by atoms with Crippen molar-refractivity contribution in [3.05, 3.63) is 53.1 Å². The fraction of sp³-hybridized carbons (Fsp3) is 0.316. The van der Waals surface area contributed by atoms with Gasteiger partial charge < -0.3 is 14.5 Å². The summed E-state index contributed by atoms with van der Waals surface area (Å²) in [5, 5.41) is 8.84. The Morgan fingerprint density at radius 1 is 1.23 bits per heavy atom. The largest absolute Gasteiger partial charge is 0.471 e. The van der Waals surface area contributed by atoms with Crippen LogP contribution in [-0.2, 0) is 4.79 Å². The van der Waals surface area contributed by atoms with Crippen molar-refractivity contribution in [1.82, 2.24) is 15.1 Å². The molecule has 0 bridgehead atoms. The summed E-state index contributed by atoms with van der Waals surface area (Å²) in [6, 6.07) is 11.0. The molecular weight excluding hydrogens is 352 g/mol. The molecule has 1 aromatic carbocycles. The minimum atomic E-state index is -0.0672. The second kappa shape index (κ2) is 8.19. The van der Waals surface area contributed by atoms with E-state index in [0.29, 0.717) is 24.0 Å². The number of ether oxygens (including phenoxy) is 1. The lowest BCUT2D eigenvalue weighted by Crippen LogP contribution is -2.29. The summed E-state index contributed by atoms with van der Waals surface area (Å²) in [7, 11) is 3.81. The van der Waals surface area contributed by atoms with Crippen LogP contribution < -0.4 is 9.64 Å². The van der Waals surface area contributed by atoms with Crippen molar-refractivity contribution < 1.29 is 9.53 Å². The SMILES string of the molecule is CN(C)c1ccc(OC2CCN(C(=O)/C=C/c3ccc(Cl)cc3)C2)nn1. The number of carbonyl (C=O) groups is 1. The van der Waals surface area contributed by atoms with Gasteiger partial charge in [0, 0.05) is 44.2 Å². The number of benzene rings is 1. The average molecular weight is 373 g/mol. The van der Waals surface area contributed by atoms with Crippen LogP contribution in [-0.4, -0.2) is 54.3 Å². The van der Waals surface area contributed by atoms with E-state index in [1.54, 1.807) is 35.3 Å².